The van der Waals surface area contributed by atoms with Crippen molar-refractivity contribution in [2.24, 2.45) is 0 Å². The van der Waals surface area contributed by atoms with Crippen molar-refractivity contribution >= 4 is 11.6 Å². The molecule has 20 heavy (non-hydrogen) atoms. The van der Waals surface area contributed by atoms with Crippen LogP contribution in [0.4, 0.5) is 0 Å². The van der Waals surface area contributed by atoms with Crippen molar-refractivity contribution in [1.82, 2.24) is 10.3 Å². The van der Waals surface area contributed by atoms with Crippen LogP contribution in [0.3, 0.4) is 0 Å². The summed E-state index contributed by atoms with van der Waals surface area (Å²) < 4.78 is 5.88. The molecule has 1 fully saturated rings. The third-order valence-corrected chi connectivity index (χ3v) is 3.54. The smallest absolute Gasteiger partial charge is 0.147 e. The molecule has 4 heteroatoms. The van der Waals surface area contributed by atoms with Gasteiger partial charge in [0.2, 0.25) is 0 Å². The highest BCUT2D eigenvalue weighted by Gasteiger charge is 2.20. The molecule has 104 valence electrons. The summed E-state index contributed by atoms with van der Waals surface area (Å²) in [6.45, 7) is 2.92. The lowest BCUT2D eigenvalue weighted by molar-refractivity contribution is 0.475. The molecule has 1 saturated carbocycles. The van der Waals surface area contributed by atoms with E-state index in [-0.39, 0.29) is 0 Å². The van der Waals surface area contributed by atoms with Gasteiger partial charge in [0.1, 0.15) is 11.5 Å². The molecule has 0 saturated heterocycles. The molecule has 1 aromatic carbocycles. The van der Waals surface area contributed by atoms with E-state index in [9.17, 15) is 0 Å². The first kappa shape index (κ1) is 13.4. The maximum absolute atomic E-state index is 5.92. The van der Waals surface area contributed by atoms with Crippen LogP contribution >= 0.6 is 11.6 Å². The minimum absolute atomic E-state index is 0.576. The lowest BCUT2D eigenvalue weighted by Crippen LogP contribution is -2.15. The molecular weight excluding hydrogens is 272 g/mol. The molecule has 3 rings (SSSR count). The highest BCUT2D eigenvalue weighted by molar-refractivity contribution is 6.30. The average molecular weight is 289 g/mol. The molecule has 0 aliphatic heterocycles. The number of ether oxygens (including phenoxy) is 1. The van der Waals surface area contributed by atoms with Gasteiger partial charge in [-0.2, -0.15) is 0 Å². The van der Waals surface area contributed by atoms with Crippen molar-refractivity contribution in [3.8, 4) is 11.5 Å². The van der Waals surface area contributed by atoms with E-state index in [0.717, 1.165) is 17.9 Å². The van der Waals surface area contributed by atoms with Gasteiger partial charge in [-0.05, 0) is 37.0 Å². The van der Waals surface area contributed by atoms with Gasteiger partial charge in [0.25, 0.3) is 0 Å². The molecule has 1 aliphatic rings. The number of hydrogen-bond acceptors (Lipinski definition) is 3. The third kappa shape index (κ3) is 3.50. The summed E-state index contributed by atoms with van der Waals surface area (Å²) in [6, 6.07) is 8.76. The summed E-state index contributed by atoms with van der Waals surface area (Å²) in [5.74, 6) is 1.51. The lowest BCUT2D eigenvalue weighted by atomic mass is 10.1. The fourth-order valence-electron chi connectivity index (χ4n) is 1.99. The van der Waals surface area contributed by atoms with E-state index in [1.54, 1.807) is 18.5 Å². The van der Waals surface area contributed by atoms with Crippen molar-refractivity contribution in [3.63, 3.8) is 0 Å². The molecule has 1 aromatic heterocycles. The molecule has 1 N–H and O–H groups in total. The number of aromatic nitrogens is 1. The zero-order chi connectivity index (χ0) is 13.9. The van der Waals surface area contributed by atoms with Gasteiger partial charge in [0.15, 0.2) is 0 Å². The Morgan fingerprint density at radius 3 is 2.90 bits per heavy atom. The monoisotopic (exact) mass is 288 g/mol. The summed E-state index contributed by atoms with van der Waals surface area (Å²) in [5, 5.41) is 4.08. The predicted octanol–water partition coefficient (Wildman–Crippen LogP) is 4.09. The predicted molar refractivity (Wildman–Crippen MR) is 80.4 cm³/mol. The van der Waals surface area contributed by atoms with Crippen molar-refractivity contribution in [3.05, 3.63) is 52.8 Å². The van der Waals surface area contributed by atoms with E-state index < -0.39 is 0 Å². The summed E-state index contributed by atoms with van der Waals surface area (Å²) in [6.07, 6.45) is 5.85. The van der Waals surface area contributed by atoms with Crippen LogP contribution in [0.25, 0.3) is 0 Å². The average Bonchev–Trinajstić information content (AvgIpc) is 3.24. The molecule has 1 heterocycles. The Labute approximate surface area is 123 Å². The first-order valence-corrected chi connectivity index (χ1v) is 7.20. The van der Waals surface area contributed by atoms with Crippen LogP contribution in [0.5, 0.6) is 11.5 Å². The van der Waals surface area contributed by atoms with Crippen LogP contribution in [0, 0.1) is 6.92 Å². The highest BCUT2D eigenvalue weighted by Crippen LogP contribution is 2.27. The summed E-state index contributed by atoms with van der Waals surface area (Å²) in [5.41, 5.74) is 2.33. The summed E-state index contributed by atoms with van der Waals surface area (Å²) >= 11 is 5.92. The molecule has 0 spiro atoms. The molecule has 3 nitrogen and oxygen atoms in total. The minimum atomic E-state index is 0.576. The molecule has 1 aliphatic carbocycles. The number of nitrogens with zero attached hydrogens (tertiary/aromatic N) is 1. The van der Waals surface area contributed by atoms with Gasteiger partial charge in [0.05, 0.1) is 11.2 Å². The summed E-state index contributed by atoms with van der Waals surface area (Å²) in [4.78, 5) is 4.03. The second kappa shape index (κ2) is 5.81. The van der Waals surface area contributed by atoms with Crippen LogP contribution < -0.4 is 10.1 Å². The number of pyridine rings is 1. The van der Waals surface area contributed by atoms with Crippen LogP contribution in [0.1, 0.15) is 24.0 Å². The van der Waals surface area contributed by atoms with Gasteiger partial charge in [-0.15, -0.1) is 0 Å². The van der Waals surface area contributed by atoms with Crippen LogP contribution in [-0.2, 0) is 6.54 Å². The van der Waals surface area contributed by atoms with Crippen molar-refractivity contribution < 1.29 is 4.74 Å². The number of rotatable bonds is 5. The fourth-order valence-corrected chi connectivity index (χ4v) is 2.15. The van der Waals surface area contributed by atoms with Crippen molar-refractivity contribution in [2.45, 2.75) is 32.4 Å². The SMILES string of the molecule is Cc1ccc(CNC2CC2)cc1Oc1cncc(Cl)c1. The van der Waals surface area contributed by atoms with E-state index in [2.05, 4.69) is 28.5 Å². The molecular formula is C16H17ClN2O. The van der Waals surface area contributed by atoms with Crippen LogP contribution in [-0.4, -0.2) is 11.0 Å². The minimum Gasteiger partial charge on any atom is -0.455 e. The number of hydrogen-bond donors (Lipinski definition) is 1. The molecule has 2 aromatic rings. The van der Waals surface area contributed by atoms with Gasteiger partial charge in [-0.3, -0.25) is 4.98 Å². The quantitative estimate of drug-likeness (QED) is 0.900. The van der Waals surface area contributed by atoms with Crippen molar-refractivity contribution in [1.29, 1.82) is 0 Å². The largest absolute Gasteiger partial charge is 0.455 e. The molecule has 0 atom stereocenters. The Balaban J connectivity index is 1.75. The normalized spacial score (nSPS) is 14.3. The Morgan fingerprint density at radius 1 is 1.30 bits per heavy atom. The van der Waals surface area contributed by atoms with Crippen LogP contribution in [0.15, 0.2) is 36.7 Å². The zero-order valence-corrected chi connectivity index (χ0v) is 12.2. The lowest BCUT2D eigenvalue weighted by Gasteiger charge is -2.11. The zero-order valence-electron chi connectivity index (χ0n) is 11.4. The first-order valence-electron chi connectivity index (χ1n) is 6.82. The number of benzene rings is 1. The standard InChI is InChI=1S/C16H17ClN2O/c1-11-2-3-12(8-19-14-4-5-14)6-16(11)20-15-7-13(17)9-18-10-15/h2-3,6-7,9-10,14,19H,4-5,8H2,1H3. The van der Waals surface area contributed by atoms with Crippen molar-refractivity contribution in [2.75, 3.05) is 0 Å². The van der Waals surface area contributed by atoms with Gasteiger partial charge in [-0.1, -0.05) is 23.7 Å². The van der Waals surface area contributed by atoms with Gasteiger partial charge < -0.3 is 10.1 Å². The summed E-state index contributed by atoms with van der Waals surface area (Å²) in [7, 11) is 0. The van der Waals surface area contributed by atoms with Gasteiger partial charge >= 0.3 is 0 Å². The Morgan fingerprint density at radius 2 is 2.15 bits per heavy atom. The van der Waals surface area contributed by atoms with Crippen LogP contribution in [0.2, 0.25) is 5.02 Å². The number of halogens is 1. The number of aryl methyl sites for hydroxylation is 1. The second-order valence-corrected chi connectivity index (χ2v) is 5.63. The van der Waals surface area contributed by atoms with E-state index in [4.69, 9.17) is 16.3 Å². The van der Waals surface area contributed by atoms with Gasteiger partial charge in [-0.25, -0.2) is 0 Å². The fraction of sp³-hybridized carbons (Fsp3) is 0.312. The maximum Gasteiger partial charge on any atom is 0.147 e. The maximum atomic E-state index is 5.92. The Bertz CT molecular complexity index is 611. The van der Waals surface area contributed by atoms with E-state index in [1.165, 1.54) is 18.4 Å². The van der Waals surface area contributed by atoms with E-state index >= 15 is 0 Å². The highest BCUT2D eigenvalue weighted by atomic mass is 35.5. The Kier molecular flexibility index (Phi) is 3.90. The second-order valence-electron chi connectivity index (χ2n) is 5.20. The Hall–Kier alpha value is -1.58. The number of nitrogens with one attached hydrogen (secondary N) is 1. The molecule has 0 radical (unpaired) electrons. The molecule has 0 bridgehead atoms. The van der Waals surface area contributed by atoms with E-state index in [1.807, 2.05) is 6.92 Å². The van der Waals surface area contributed by atoms with E-state index in [0.29, 0.717) is 16.8 Å². The first-order chi connectivity index (χ1) is 9.70. The van der Waals surface area contributed by atoms with Gasteiger partial charge in [0, 0.05) is 24.8 Å². The molecule has 0 unspecified atom stereocenters. The third-order valence-electron chi connectivity index (χ3n) is 3.33. The molecule has 0 amide bonds. The topological polar surface area (TPSA) is 34.1 Å².